The fraction of sp³-hybridized carbons (Fsp3) is 0.733. The SMILES string of the molecule is CC(C)C1CN(Cc2ccoc2)C(C(C)C)CN1. The molecule has 18 heavy (non-hydrogen) atoms. The topological polar surface area (TPSA) is 28.4 Å². The van der Waals surface area contributed by atoms with Gasteiger partial charge >= 0.3 is 0 Å². The Morgan fingerprint density at radius 1 is 1.33 bits per heavy atom. The van der Waals surface area contributed by atoms with Gasteiger partial charge in [-0.3, -0.25) is 4.90 Å². The Bertz CT molecular complexity index is 345. The highest BCUT2D eigenvalue weighted by molar-refractivity contribution is 5.06. The smallest absolute Gasteiger partial charge is 0.0947 e. The van der Waals surface area contributed by atoms with E-state index in [9.17, 15) is 0 Å². The quantitative estimate of drug-likeness (QED) is 0.890. The molecular weight excluding hydrogens is 224 g/mol. The van der Waals surface area contributed by atoms with Gasteiger partial charge in [0.15, 0.2) is 0 Å². The molecule has 0 aliphatic carbocycles. The molecule has 1 aliphatic rings. The van der Waals surface area contributed by atoms with E-state index in [0.29, 0.717) is 23.9 Å². The first kappa shape index (κ1) is 13.6. The molecule has 2 rings (SSSR count). The Morgan fingerprint density at radius 3 is 2.67 bits per heavy atom. The first-order chi connectivity index (χ1) is 8.58. The van der Waals surface area contributed by atoms with Crippen molar-refractivity contribution in [1.29, 1.82) is 0 Å². The third-order valence-electron chi connectivity index (χ3n) is 4.03. The maximum atomic E-state index is 5.18. The predicted molar refractivity (Wildman–Crippen MR) is 74.4 cm³/mol. The monoisotopic (exact) mass is 250 g/mol. The van der Waals surface area contributed by atoms with Gasteiger partial charge in [-0.2, -0.15) is 0 Å². The molecule has 3 nitrogen and oxygen atoms in total. The minimum Gasteiger partial charge on any atom is -0.472 e. The lowest BCUT2D eigenvalue weighted by atomic mass is 9.94. The van der Waals surface area contributed by atoms with Crippen LogP contribution in [0.4, 0.5) is 0 Å². The van der Waals surface area contributed by atoms with Crippen molar-refractivity contribution < 1.29 is 4.42 Å². The molecule has 0 bridgehead atoms. The van der Waals surface area contributed by atoms with Crippen LogP contribution in [0.15, 0.2) is 23.0 Å². The third kappa shape index (κ3) is 3.15. The second-order valence-electron chi connectivity index (χ2n) is 6.13. The zero-order chi connectivity index (χ0) is 13.1. The van der Waals surface area contributed by atoms with E-state index in [1.54, 1.807) is 6.26 Å². The largest absolute Gasteiger partial charge is 0.472 e. The van der Waals surface area contributed by atoms with E-state index in [1.807, 2.05) is 6.26 Å². The molecule has 102 valence electrons. The van der Waals surface area contributed by atoms with E-state index >= 15 is 0 Å². The summed E-state index contributed by atoms with van der Waals surface area (Å²) in [4.78, 5) is 2.61. The first-order valence-corrected chi connectivity index (χ1v) is 7.06. The summed E-state index contributed by atoms with van der Waals surface area (Å²) < 4.78 is 5.18. The Kier molecular flexibility index (Phi) is 4.46. The van der Waals surface area contributed by atoms with Crippen molar-refractivity contribution in [3.05, 3.63) is 24.2 Å². The van der Waals surface area contributed by atoms with Gasteiger partial charge in [-0.05, 0) is 17.9 Å². The van der Waals surface area contributed by atoms with Crippen LogP contribution in [-0.2, 0) is 6.54 Å². The van der Waals surface area contributed by atoms with E-state index in [-0.39, 0.29) is 0 Å². The van der Waals surface area contributed by atoms with Crippen molar-refractivity contribution >= 4 is 0 Å². The van der Waals surface area contributed by atoms with Crippen LogP contribution in [0.25, 0.3) is 0 Å². The zero-order valence-corrected chi connectivity index (χ0v) is 12.0. The second-order valence-corrected chi connectivity index (χ2v) is 6.13. The van der Waals surface area contributed by atoms with Crippen LogP contribution in [0.3, 0.4) is 0 Å². The highest BCUT2D eigenvalue weighted by Gasteiger charge is 2.30. The van der Waals surface area contributed by atoms with E-state index < -0.39 is 0 Å². The van der Waals surface area contributed by atoms with Crippen LogP contribution in [0.1, 0.15) is 33.3 Å². The van der Waals surface area contributed by atoms with Gasteiger partial charge in [0.05, 0.1) is 12.5 Å². The molecule has 2 unspecified atom stereocenters. The number of hydrogen-bond donors (Lipinski definition) is 1. The zero-order valence-electron chi connectivity index (χ0n) is 12.0. The van der Waals surface area contributed by atoms with Gasteiger partial charge in [0.2, 0.25) is 0 Å². The summed E-state index contributed by atoms with van der Waals surface area (Å²) in [7, 11) is 0. The average Bonchev–Trinajstić information content (AvgIpc) is 2.81. The van der Waals surface area contributed by atoms with E-state index in [0.717, 1.165) is 19.6 Å². The van der Waals surface area contributed by atoms with Crippen molar-refractivity contribution in [2.75, 3.05) is 13.1 Å². The molecule has 1 aromatic rings. The van der Waals surface area contributed by atoms with E-state index in [4.69, 9.17) is 4.42 Å². The lowest BCUT2D eigenvalue weighted by Gasteiger charge is -2.43. The van der Waals surface area contributed by atoms with Crippen LogP contribution in [0.5, 0.6) is 0 Å². The van der Waals surface area contributed by atoms with Crippen LogP contribution in [-0.4, -0.2) is 30.1 Å². The van der Waals surface area contributed by atoms with Crippen LogP contribution in [0.2, 0.25) is 0 Å². The van der Waals surface area contributed by atoms with Gasteiger partial charge < -0.3 is 9.73 Å². The highest BCUT2D eigenvalue weighted by Crippen LogP contribution is 2.20. The van der Waals surface area contributed by atoms with Gasteiger partial charge in [0, 0.05) is 37.3 Å². The maximum Gasteiger partial charge on any atom is 0.0947 e. The molecule has 1 saturated heterocycles. The standard InChI is InChI=1S/C15H26N2O/c1-11(2)14-9-17(8-13-5-6-18-10-13)15(7-16-14)12(3)4/h5-6,10-12,14-16H,7-9H2,1-4H3. The molecule has 0 saturated carbocycles. The van der Waals surface area contributed by atoms with Gasteiger partial charge in [0.1, 0.15) is 0 Å². The maximum absolute atomic E-state index is 5.18. The number of hydrogen-bond acceptors (Lipinski definition) is 3. The molecule has 1 aromatic heterocycles. The summed E-state index contributed by atoms with van der Waals surface area (Å²) in [6, 6.07) is 3.30. The van der Waals surface area contributed by atoms with Crippen LogP contribution >= 0.6 is 0 Å². The fourth-order valence-electron chi connectivity index (χ4n) is 2.76. The summed E-state index contributed by atoms with van der Waals surface area (Å²) in [5.41, 5.74) is 1.28. The molecule has 0 radical (unpaired) electrons. The van der Waals surface area contributed by atoms with Crippen molar-refractivity contribution in [1.82, 2.24) is 10.2 Å². The number of nitrogens with zero attached hydrogens (tertiary/aromatic N) is 1. The molecular formula is C15H26N2O. The van der Waals surface area contributed by atoms with Crippen molar-refractivity contribution in [3.63, 3.8) is 0 Å². The number of furan rings is 1. The van der Waals surface area contributed by atoms with E-state index in [1.165, 1.54) is 5.56 Å². The number of piperazine rings is 1. The Morgan fingerprint density at radius 2 is 2.11 bits per heavy atom. The lowest BCUT2D eigenvalue weighted by Crippen LogP contribution is -2.59. The Hall–Kier alpha value is -0.800. The van der Waals surface area contributed by atoms with Gasteiger partial charge in [-0.25, -0.2) is 0 Å². The number of nitrogens with one attached hydrogen (secondary N) is 1. The minimum atomic E-state index is 0.604. The summed E-state index contributed by atoms with van der Waals surface area (Å²) in [5, 5.41) is 3.69. The lowest BCUT2D eigenvalue weighted by molar-refractivity contribution is 0.0782. The predicted octanol–water partition coefficient (Wildman–Crippen LogP) is 2.73. The third-order valence-corrected chi connectivity index (χ3v) is 4.03. The molecule has 1 aliphatic heterocycles. The average molecular weight is 250 g/mol. The molecule has 2 atom stereocenters. The Labute approximate surface area is 111 Å². The normalized spacial score (nSPS) is 26.1. The molecule has 0 aromatic carbocycles. The van der Waals surface area contributed by atoms with E-state index in [2.05, 4.69) is 44.0 Å². The molecule has 0 amide bonds. The fourth-order valence-corrected chi connectivity index (χ4v) is 2.76. The molecule has 3 heteroatoms. The molecule has 2 heterocycles. The Balaban J connectivity index is 2.04. The van der Waals surface area contributed by atoms with Gasteiger partial charge in [-0.1, -0.05) is 27.7 Å². The van der Waals surface area contributed by atoms with Crippen molar-refractivity contribution in [3.8, 4) is 0 Å². The van der Waals surface area contributed by atoms with Crippen LogP contribution < -0.4 is 5.32 Å². The molecule has 1 N–H and O–H groups in total. The summed E-state index contributed by atoms with van der Waals surface area (Å²) >= 11 is 0. The summed E-state index contributed by atoms with van der Waals surface area (Å²) in [6.07, 6.45) is 3.63. The highest BCUT2D eigenvalue weighted by atomic mass is 16.3. The second kappa shape index (κ2) is 5.89. The van der Waals surface area contributed by atoms with Crippen molar-refractivity contribution in [2.45, 2.75) is 46.3 Å². The summed E-state index contributed by atoms with van der Waals surface area (Å²) in [6.45, 7) is 12.4. The van der Waals surface area contributed by atoms with Crippen LogP contribution in [0, 0.1) is 11.8 Å². The van der Waals surface area contributed by atoms with Gasteiger partial charge in [-0.15, -0.1) is 0 Å². The molecule has 1 fully saturated rings. The first-order valence-electron chi connectivity index (χ1n) is 7.06. The van der Waals surface area contributed by atoms with Gasteiger partial charge in [0.25, 0.3) is 0 Å². The van der Waals surface area contributed by atoms with Crippen molar-refractivity contribution in [2.24, 2.45) is 11.8 Å². The number of rotatable bonds is 4. The summed E-state index contributed by atoms with van der Waals surface area (Å²) in [5.74, 6) is 1.36. The minimum absolute atomic E-state index is 0.604. The molecule has 0 spiro atoms.